The van der Waals surface area contributed by atoms with Crippen molar-refractivity contribution in [3.8, 4) is 11.5 Å². The molecule has 224 valence electrons. The molecule has 4 aromatic rings. The molecule has 4 rings (SSSR count). The Bertz CT molecular complexity index is 1770. The summed E-state index contributed by atoms with van der Waals surface area (Å²) in [5.74, 6) is 0.244. The van der Waals surface area contributed by atoms with E-state index in [0.29, 0.717) is 42.8 Å². The van der Waals surface area contributed by atoms with Crippen LogP contribution in [-0.2, 0) is 21.4 Å². The molecule has 0 aliphatic rings. The maximum absolute atomic E-state index is 13.6. The van der Waals surface area contributed by atoms with Crippen LogP contribution in [0.4, 0.5) is 5.69 Å². The summed E-state index contributed by atoms with van der Waals surface area (Å²) in [4.78, 5) is 13.1. The van der Waals surface area contributed by atoms with Gasteiger partial charge in [-0.15, -0.1) is 0 Å². The molecule has 0 aromatic heterocycles. The molecule has 1 amide bonds. The number of hydrazone groups is 1. The van der Waals surface area contributed by atoms with Gasteiger partial charge < -0.3 is 9.47 Å². The van der Waals surface area contributed by atoms with Gasteiger partial charge in [-0.3, -0.25) is 9.10 Å². The molecule has 8 nitrogen and oxygen atoms in total. The van der Waals surface area contributed by atoms with Crippen molar-refractivity contribution in [2.45, 2.75) is 25.3 Å². The Balaban J connectivity index is 1.50. The van der Waals surface area contributed by atoms with Crippen molar-refractivity contribution in [2.24, 2.45) is 5.10 Å². The van der Waals surface area contributed by atoms with Crippen LogP contribution in [0.25, 0.3) is 0 Å². The quantitative estimate of drug-likeness (QED) is 0.131. The molecular weight excluding hydrogens is 677 g/mol. The smallest absolute Gasteiger partial charge is 0.264 e. The van der Waals surface area contributed by atoms with Crippen molar-refractivity contribution in [1.82, 2.24) is 5.43 Å². The van der Waals surface area contributed by atoms with Gasteiger partial charge in [0.15, 0.2) is 11.5 Å². The molecule has 1 N–H and O–H groups in total. The van der Waals surface area contributed by atoms with Crippen LogP contribution in [0.2, 0.25) is 10.0 Å². The van der Waals surface area contributed by atoms with E-state index in [2.05, 4.69) is 26.5 Å². The van der Waals surface area contributed by atoms with E-state index in [-0.39, 0.29) is 11.5 Å². The molecular formula is C31H28BrCl2N3O5S. The third-order valence-corrected chi connectivity index (χ3v) is 9.23. The van der Waals surface area contributed by atoms with Crippen molar-refractivity contribution >= 4 is 67.0 Å². The van der Waals surface area contributed by atoms with E-state index in [9.17, 15) is 13.2 Å². The molecule has 0 radical (unpaired) electrons. The molecule has 0 spiro atoms. The van der Waals surface area contributed by atoms with Crippen molar-refractivity contribution < 1.29 is 22.7 Å². The van der Waals surface area contributed by atoms with Crippen molar-refractivity contribution in [3.05, 3.63) is 116 Å². The number of aryl methyl sites for hydroxylation is 2. The van der Waals surface area contributed by atoms with Crippen molar-refractivity contribution in [1.29, 1.82) is 0 Å². The molecule has 0 atom stereocenters. The van der Waals surface area contributed by atoms with Gasteiger partial charge in [0.2, 0.25) is 0 Å². The minimum atomic E-state index is -4.04. The number of carbonyl (C=O) groups is 1. The van der Waals surface area contributed by atoms with Gasteiger partial charge in [-0.25, -0.2) is 13.8 Å². The van der Waals surface area contributed by atoms with Gasteiger partial charge in [0.05, 0.1) is 28.4 Å². The molecule has 0 saturated heterocycles. The normalized spacial score (nSPS) is 11.4. The van der Waals surface area contributed by atoms with Gasteiger partial charge >= 0.3 is 0 Å². The van der Waals surface area contributed by atoms with Crippen LogP contribution in [0.1, 0.15) is 22.3 Å². The second-order valence-corrected chi connectivity index (χ2v) is 13.0. The summed E-state index contributed by atoms with van der Waals surface area (Å²) < 4.78 is 40.3. The molecule has 43 heavy (non-hydrogen) atoms. The highest BCUT2D eigenvalue weighted by atomic mass is 79.9. The number of hydrogen-bond acceptors (Lipinski definition) is 6. The first-order valence-corrected chi connectivity index (χ1v) is 15.9. The molecule has 4 aromatic carbocycles. The fourth-order valence-electron chi connectivity index (χ4n) is 4.19. The van der Waals surface area contributed by atoms with Gasteiger partial charge in [-0.2, -0.15) is 5.10 Å². The van der Waals surface area contributed by atoms with Gasteiger partial charge in [0.1, 0.15) is 13.2 Å². The molecule has 0 unspecified atom stereocenters. The molecule has 0 saturated carbocycles. The lowest BCUT2D eigenvalue weighted by Crippen LogP contribution is -2.40. The summed E-state index contributed by atoms with van der Waals surface area (Å²) in [6, 6.07) is 21.9. The number of carbonyl (C=O) groups excluding carboxylic acids is 1. The number of ether oxygens (including phenoxy) is 2. The molecule has 0 bridgehead atoms. The fourth-order valence-corrected chi connectivity index (χ4v) is 6.74. The number of halogens is 3. The van der Waals surface area contributed by atoms with Crippen LogP contribution in [0.15, 0.2) is 93.3 Å². The van der Waals surface area contributed by atoms with E-state index in [4.69, 9.17) is 32.7 Å². The summed E-state index contributed by atoms with van der Waals surface area (Å²) in [5, 5.41) is 5.05. The predicted octanol–water partition coefficient (Wildman–Crippen LogP) is 7.31. The van der Waals surface area contributed by atoms with Gasteiger partial charge in [0.25, 0.3) is 15.9 Å². The number of nitrogens with one attached hydrogen (secondary N) is 1. The highest BCUT2D eigenvalue weighted by Crippen LogP contribution is 2.37. The second kappa shape index (κ2) is 14.3. The topological polar surface area (TPSA) is 97.3 Å². The third-order valence-electron chi connectivity index (χ3n) is 6.28. The van der Waals surface area contributed by atoms with Crippen molar-refractivity contribution in [2.75, 3.05) is 18.0 Å². The first-order chi connectivity index (χ1) is 20.5. The van der Waals surface area contributed by atoms with Gasteiger partial charge in [-0.05, 0) is 83.4 Å². The Morgan fingerprint density at radius 2 is 1.77 bits per heavy atom. The average Bonchev–Trinajstić information content (AvgIpc) is 2.96. The standard InChI is InChI=1S/C31H28BrCl2N3O5S/c1-20-9-12-28(21(2)13-20)37(43(39,40)25-7-5-4-6-8-25)18-30(38)36-35-17-22-14-26(32)31(29(15-22)41-3)42-19-23-10-11-24(33)16-27(23)34/h4-17H,18-19H2,1-3H3,(H,36,38)/b35-17-. The van der Waals surface area contributed by atoms with Gasteiger partial charge in [-0.1, -0.05) is 65.2 Å². The first kappa shape index (κ1) is 32.3. The van der Waals surface area contributed by atoms with Crippen LogP contribution in [0.5, 0.6) is 11.5 Å². The van der Waals surface area contributed by atoms with Crippen LogP contribution in [0.3, 0.4) is 0 Å². The summed E-state index contributed by atoms with van der Waals surface area (Å²) in [6.45, 7) is 3.41. The number of nitrogens with zero attached hydrogens (tertiary/aromatic N) is 2. The van der Waals surface area contributed by atoms with Crippen LogP contribution in [-0.4, -0.2) is 34.2 Å². The minimum absolute atomic E-state index is 0.0730. The Morgan fingerprint density at radius 3 is 2.44 bits per heavy atom. The molecule has 0 aliphatic heterocycles. The molecule has 0 heterocycles. The zero-order chi connectivity index (χ0) is 31.1. The number of anilines is 1. The van der Waals surface area contributed by atoms with E-state index in [1.807, 2.05) is 13.0 Å². The monoisotopic (exact) mass is 703 g/mol. The van der Waals surface area contributed by atoms with Gasteiger partial charge in [0, 0.05) is 15.6 Å². The molecule has 0 fully saturated rings. The largest absolute Gasteiger partial charge is 0.493 e. The lowest BCUT2D eigenvalue weighted by molar-refractivity contribution is -0.119. The summed E-state index contributed by atoms with van der Waals surface area (Å²) >= 11 is 15.7. The fraction of sp³-hybridized carbons (Fsp3) is 0.161. The van der Waals surface area contributed by atoms with E-state index < -0.39 is 22.5 Å². The first-order valence-electron chi connectivity index (χ1n) is 12.9. The van der Waals surface area contributed by atoms with Crippen molar-refractivity contribution in [3.63, 3.8) is 0 Å². The number of hydrogen-bond donors (Lipinski definition) is 1. The lowest BCUT2D eigenvalue weighted by atomic mass is 10.1. The summed E-state index contributed by atoms with van der Waals surface area (Å²) in [5.41, 5.74) is 5.85. The number of rotatable bonds is 11. The minimum Gasteiger partial charge on any atom is -0.493 e. The average molecular weight is 705 g/mol. The third kappa shape index (κ3) is 8.08. The zero-order valence-electron chi connectivity index (χ0n) is 23.5. The van der Waals surface area contributed by atoms with Crippen LogP contribution < -0.4 is 19.2 Å². The Morgan fingerprint density at radius 1 is 1.02 bits per heavy atom. The Hall–Kier alpha value is -3.57. The number of sulfonamides is 1. The SMILES string of the molecule is COc1cc(/C=N\NC(=O)CN(c2ccc(C)cc2C)S(=O)(=O)c2ccccc2)cc(Br)c1OCc1ccc(Cl)cc1Cl. The Labute approximate surface area is 269 Å². The van der Waals surface area contributed by atoms with E-state index >= 15 is 0 Å². The number of amides is 1. The number of benzene rings is 4. The van der Waals surface area contributed by atoms with E-state index in [1.165, 1.54) is 25.5 Å². The van der Waals surface area contributed by atoms with E-state index in [1.54, 1.807) is 67.6 Å². The molecule has 0 aliphatic carbocycles. The predicted molar refractivity (Wildman–Crippen MR) is 174 cm³/mol. The lowest BCUT2D eigenvalue weighted by Gasteiger charge is -2.25. The second-order valence-electron chi connectivity index (χ2n) is 9.47. The van der Waals surface area contributed by atoms with Crippen LogP contribution >= 0.6 is 39.1 Å². The Kier molecular flexibility index (Phi) is 10.7. The summed E-state index contributed by atoms with van der Waals surface area (Å²) in [7, 11) is -2.54. The highest BCUT2D eigenvalue weighted by Gasteiger charge is 2.28. The maximum atomic E-state index is 13.6. The van der Waals surface area contributed by atoms with E-state index in [0.717, 1.165) is 15.4 Å². The highest BCUT2D eigenvalue weighted by molar-refractivity contribution is 9.10. The van der Waals surface area contributed by atoms with Crippen LogP contribution in [0, 0.1) is 13.8 Å². The molecule has 12 heteroatoms. The number of methoxy groups -OCH3 is 1. The summed E-state index contributed by atoms with van der Waals surface area (Å²) in [6.07, 6.45) is 1.41. The maximum Gasteiger partial charge on any atom is 0.264 e. The zero-order valence-corrected chi connectivity index (χ0v) is 27.4.